The van der Waals surface area contributed by atoms with Gasteiger partial charge in [-0.1, -0.05) is 65.1 Å². The number of hydrogen-bond acceptors (Lipinski definition) is 7. The Hall–Kier alpha value is -2.40. The van der Waals surface area contributed by atoms with E-state index in [0.717, 1.165) is 6.20 Å². The van der Waals surface area contributed by atoms with Crippen molar-refractivity contribution in [3.05, 3.63) is 58.0 Å². The maximum Gasteiger partial charge on any atom is 0.408 e. The number of alkyl carbamates (subject to hydrolysis) is 1. The number of imidazole rings is 1. The summed E-state index contributed by atoms with van der Waals surface area (Å²) in [6.45, 7) is 1.19. The average Bonchev–Trinajstić information content (AvgIpc) is 3.05. The number of benzene rings is 1. The predicted octanol–water partition coefficient (Wildman–Crippen LogP) is 2.99. The summed E-state index contributed by atoms with van der Waals surface area (Å²) in [6.07, 6.45) is -1.06. The van der Waals surface area contributed by atoms with E-state index in [0.29, 0.717) is 11.4 Å². The van der Waals surface area contributed by atoms with E-state index in [1.807, 2.05) is 0 Å². The number of carbonyl (C=O) groups is 2. The molecule has 162 valence electrons. The van der Waals surface area contributed by atoms with Crippen molar-refractivity contribution in [2.75, 3.05) is 13.2 Å². The zero-order chi connectivity index (χ0) is 22.3. The molecule has 0 aliphatic carbocycles. The van der Waals surface area contributed by atoms with Crippen LogP contribution < -0.4 is 10.6 Å². The molecular formula is C17H18Cl3N5O5. The van der Waals surface area contributed by atoms with E-state index in [9.17, 15) is 19.7 Å². The molecule has 1 aromatic carbocycles. The minimum absolute atomic E-state index is 0.00786. The highest BCUT2D eigenvalue weighted by Crippen LogP contribution is 2.29. The Morgan fingerprint density at radius 3 is 2.57 bits per heavy atom. The summed E-state index contributed by atoms with van der Waals surface area (Å²) in [5.74, 6) is -0.101. The molecule has 1 amide bonds. The van der Waals surface area contributed by atoms with Crippen molar-refractivity contribution in [2.24, 2.45) is 0 Å². The summed E-state index contributed by atoms with van der Waals surface area (Å²) in [7, 11) is 0. The van der Waals surface area contributed by atoms with E-state index in [1.165, 1.54) is 4.57 Å². The monoisotopic (exact) mass is 477 g/mol. The van der Waals surface area contributed by atoms with Crippen molar-refractivity contribution in [1.29, 1.82) is 0 Å². The molecule has 10 nitrogen and oxygen atoms in total. The number of rotatable bonds is 9. The molecule has 1 aromatic heterocycles. The number of Topliss-reactive ketones (excluding diaryl/α,β-unsaturated/α-hetero) is 1. The zero-order valence-electron chi connectivity index (χ0n) is 15.7. The van der Waals surface area contributed by atoms with Crippen LogP contribution in [0.4, 0.5) is 10.6 Å². The number of halogens is 3. The van der Waals surface area contributed by atoms with Crippen LogP contribution in [0.2, 0.25) is 0 Å². The van der Waals surface area contributed by atoms with Gasteiger partial charge in [0.25, 0.3) is 0 Å². The molecule has 0 fully saturated rings. The number of nitro groups is 1. The van der Waals surface area contributed by atoms with Crippen LogP contribution in [0.15, 0.2) is 36.5 Å². The summed E-state index contributed by atoms with van der Waals surface area (Å²) in [6, 6.07) is 8.45. The largest absolute Gasteiger partial charge is 0.445 e. The topological polar surface area (TPSA) is 128 Å². The minimum Gasteiger partial charge on any atom is -0.445 e. The number of alkyl halides is 3. The maximum absolute atomic E-state index is 12.2. The fourth-order valence-corrected chi connectivity index (χ4v) is 2.83. The minimum atomic E-state index is -1.98. The zero-order valence-corrected chi connectivity index (χ0v) is 17.9. The number of carbonyl (C=O) groups excluding carboxylic acids is 2. The van der Waals surface area contributed by atoms with Crippen LogP contribution >= 0.6 is 34.8 Å². The molecule has 1 unspecified atom stereocenters. The molecule has 0 saturated carbocycles. The fraction of sp³-hybridized carbons (Fsp3) is 0.353. The van der Waals surface area contributed by atoms with Gasteiger partial charge in [-0.3, -0.25) is 10.1 Å². The Labute approximate surface area is 186 Å². The van der Waals surface area contributed by atoms with E-state index in [2.05, 4.69) is 15.6 Å². The number of nitrogens with zero attached hydrogens (tertiary/aromatic N) is 3. The quantitative estimate of drug-likeness (QED) is 0.186. The van der Waals surface area contributed by atoms with E-state index in [-0.39, 0.29) is 31.3 Å². The van der Waals surface area contributed by atoms with Crippen LogP contribution in [0.1, 0.15) is 16.2 Å². The number of amides is 1. The van der Waals surface area contributed by atoms with Crippen LogP contribution in [-0.4, -0.2) is 49.5 Å². The second-order valence-electron chi connectivity index (χ2n) is 6.00. The third kappa shape index (κ3) is 6.84. The second-order valence-corrected chi connectivity index (χ2v) is 8.37. The standard InChI is InChI=1S/C17H18Cl3N5O5/c1-11-21-10-14(25(28)29)24(11)7-8-30-16(27)23-15(17(18,19)20)22-9-13(26)12-5-3-2-4-6-12/h2-6,10,15,22H,7-9H2,1H3,(H,23,27). The summed E-state index contributed by atoms with van der Waals surface area (Å²) in [5.41, 5.74) is 0.452. The van der Waals surface area contributed by atoms with Gasteiger partial charge in [0.15, 0.2) is 11.6 Å². The number of nitrogens with one attached hydrogen (secondary N) is 2. The molecule has 1 atom stereocenters. The number of aryl methyl sites for hydroxylation is 1. The van der Waals surface area contributed by atoms with Gasteiger partial charge in [-0.15, -0.1) is 0 Å². The van der Waals surface area contributed by atoms with Gasteiger partial charge in [-0.2, -0.15) is 0 Å². The SMILES string of the molecule is Cc1ncc([N+](=O)[O-])n1CCOC(=O)NC(NCC(=O)c1ccccc1)C(Cl)(Cl)Cl. The first-order chi connectivity index (χ1) is 14.1. The van der Waals surface area contributed by atoms with E-state index < -0.39 is 21.0 Å². The Morgan fingerprint density at radius 2 is 1.97 bits per heavy atom. The van der Waals surface area contributed by atoms with E-state index in [1.54, 1.807) is 37.3 Å². The number of hydrogen-bond donors (Lipinski definition) is 2. The molecule has 1 heterocycles. The van der Waals surface area contributed by atoms with E-state index in [4.69, 9.17) is 39.5 Å². The Balaban J connectivity index is 1.89. The highest BCUT2D eigenvalue weighted by atomic mass is 35.6. The first kappa shape index (κ1) is 23.9. The van der Waals surface area contributed by atoms with Gasteiger partial charge in [0.1, 0.15) is 25.5 Å². The van der Waals surface area contributed by atoms with Crippen molar-refractivity contribution >= 4 is 52.5 Å². The molecule has 2 aromatic rings. The lowest BCUT2D eigenvalue weighted by Crippen LogP contribution is -2.54. The van der Waals surface area contributed by atoms with Gasteiger partial charge >= 0.3 is 11.9 Å². The number of aromatic nitrogens is 2. The molecule has 30 heavy (non-hydrogen) atoms. The van der Waals surface area contributed by atoms with Gasteiger partial charge in [-0.05, 0) is 4.92 Å². The molecule has 0 radical (unpaired) electrons. The maximum atomic E-state index is 12.2. The fourth-order valence-electron chi connectivity index (χ4n) is 2.44. The van der Waals surface area contributed by atoms with Crippen LogP contribution in [0.3, 0.4) is 0 Å². The van der Waals surface area contributed by atoms with Crippen LogP contribution in [0.25, 0.3) is 0 Å². The summed E-state index contributed by atoms with van der Waals surface area (Å²) >= 11 is 17.6. The van der Waals surface area contributed by atoms with Crippen molar-refractivity contribution < 1.29 is 19.2 Å². The summed E-state index contributed by atoms with van der Waals surface area (Å²) < 4.78 is 4.31. The number of ether oxygens (including phenoxy) is 1. The van der Waals surface area contributed by atoms with Crippen molar-refractivity contribution in [1.82, 2.24) is 20.2 Å². The van der Waals surface area contributed by atoms with Crippen LogP contribution in [0.5, 0.6) is 0 Å². The van der Waals surface area contributed by atoms with Gasteiger partial charge in [0.05, 0.1) is 6.54 Å². The highest BCUT2D eigenvalue weighted by Gasteiger charge is 2.34. The third-order valence-electron chi connectivity index (χ3n) is 3.92. The molecule has 13 heteroatoms. The summed E-state index contributed by atoms with van der Waals surface area (Å²) in [5, 5.41) is 15.9. The lowest BCUT2D eigenvalue weighted by Gasteiger charge is -2.26. The van der Waals surface area contributed by atoms with Crippen LogP contribution in [-0.2, 0) is 11.3 Å². The third-order valence-corrected chi connectivity index (χ3v) is 4.58. The first-order valence-electron chi connectivity index (χ1n) is 8.57. The summed E-state index contributed by atoms with van der Waals surface area (Å²) in [4.78, 5) is 38.5. The smallest absolute Gasteiger partial charge is 0.408 e. The molecule has 0 aliphatic rings. The highest BCUT2D eigenvalue weighted by molar-refractivity contribution is 6.68. The average molecular weight is 479 g/mol. The van der Waals surface area contributed by atoms with Gasteiger partial charge in [0.2, 0.25) is 3.79 Å². The van der Waals surface area contributed by atoms with Crippen LogP contribution in [0, 0.1) is 17.0 Å². The molecule has 0 aliphatic heterocycles. The lowest BCUT2D eigenvalue weighted by atomic mass is 10.1. The Morgan fingerprint density at radius 1 is 1.30 bits per heavy atom. The predicted molar refractivity (Wildman–Crippen MR) is 111 cm³/mol. The molecular weight excluding hydrogens is 461 g/mol. The first-order valence-corrected chi connectivity index (χ1v) is 9.71. The second kappa shape index (κ2) is 10.6. The molecule has 0 saturated heterocycles. The van der Waals surface area contributed by atoms with Gasteiger partial charge < -0.3 is 20.2 Å². The van der Waals surface area contributed by atoms with Crippen molar-refractivity contribution in [2.45, 2.75) is 23.4 Å². The number of ketones is 1. The normalized spacial score (nSPS) is 12.3. The van der Waals surface area contributed by atoms with Crippen molar-refractivity contribution in [3.63, 3.8) is 0 Å². The molecule has 2 N–H and O–H groups in total. The Bertz CT molecular complexity index is 901. The molecule has 0 spiro atoms. The lowest BCUT2D eigenvalue weighted by molar-refractivity contribution is -0.392. The van der Waals surface area contributed by atoms with Gasteiger partial charge in [-0.25, -0.2) is 14.3 Å². The molecule has 0 bridgehead atoms. The van der Waals surface area contributed by atoms with E-state index >= 15 is 0 Å². The Kier molecular flexibility index (Phi) is 8.42. The van der Waals surface area contributed by atoms with Crippen molar-refractivity contribution in [3.8, 4) is 0 Å². The van der Waals surface area contributed by atoms with Gasteiger partial charge in [0, 0.05) is 12.5 Å². The molecule has 2 rings (SSSR count).